The zero-order chi connectivity index (χ0) is 23.5. The monoisotopic (exact) mass is 477 g/mol. The molecule has 0 spiro atoms. The van der Waals surface area contributed by atoms with Crippen LogP contribution in [-0.4, -0.2) is 87.7 Å². The predicted octanol–water partition coefficient (Wildman–Crippen LogP) is 2.82. The molecule has 1 amide bonds. The van der Waals surface area contributed by atoms with Gasteiger partial charge in [0.05, 0.1) is 11.9 Å². The summed E-state index contributed by atoms with van der Waals surface area (Å²) < 4.78 is 0. The maximum atomic E-state index is 12.4. The fraction of sp³-hybridized carbons (Fsp3) is 0.348. The van der Waals surface area contributed by atoms with Crippen LogP contribution in [0, 0.1) is 0 Å². The van der Waals surface area contributed by atoms with Gasteiger partial charge in [-0.05, 0) is 32.3 Å². The number of nitrogens with one attached hydrogen (secondary N) is 2. The number of amides is 1. The second kappa shape index (κ2) is 9.74. The van der Waals surface area contributed by atoms with Gasteiger partial charge in [0.15, 0.2) is 5.13 Å². The van der Waals surface area contributed by atoms with Crippen molar-refractivity contribution >= 4 is 44.2 Å². The lowest BCUT2D eigenvalue weighted by Gasteiger charge is -2.36. The van der Waals surface area contributed by atoms with Crippen LogP contribution in [0.1, 0.15) is 6.42 Å². The quantitative estimate of drug-likeness (QED) is 0.419. The summed E-state index contributed by atoms with van der Waals surface area (Å²) in [4.78, 5) is 33.4. The maximum absolute atomic E-state index is 12.4. The minimum absolute atomic E-state index is 0.228. The maximum Gasteiger partial charge on any atom is 0.223 e. The van der Waals surface area contributed by atoms with Crippen molar-refractivity contribution in [3.63, 3.8) is 0 Å². The molecule has 34 heavy (non-hydrogen) atoms. The number of carbonyl (C=O) groups excluding carboxylic acids is 1. The minimum Gasteiger partial charge on any atom is -0.368 e. The van der Waals surface area contributed by atoms with Gasteiger partial charge >= 0.3 is 0 Å². The standard InChI is InChI=1S/C23H27N9OS/c1-30(2)8-6-21(33)32-11-9-31(10-12-32)17-5-7-24-20(13-17)29-23-28-19-4-3-18(27-22(19)34-23)16-14-25-26-15-16/h3-5,7,13-15H,6,8-12H2,1-2H3,(H,25,26)(H,24,28,29). The number of carbonyl (C=O) groups is 1. The van der Waals surface area contributed by atoms with Crippen LogP contribution in [0.2, 0.25) is 0 Å². The number of fused-ring (bicyclic) bond motifs is 1. The third kappa shape index (κ3) is 5.00. The second-order valence-electron chi connectivity index (χ2n) is 8.47. The number of hydrogen-bond acceptors (Lipinski definition) is 9. The Kier molecular flexibility index (Phi) is 6.37. The molecule has 1 aliphatic heterocycles. The van der Waals surface area contributed by atoms with E-state index >= 15 is 0 Å². The lowest BCUT2D eigenvalue weighted by Crippen LogP contribution is -2.49. The first-order valence-corrected chi connectivity index (χ1v) is 12.0. The van der Waals surface area contributed by atoms with E-state index in [1.165, 1.54) is 11.3 Å². The van der Waals surface area contributed by atoms with Gasteiger partial charge in [-0.3, -0.25) is 9.89 Å². The van der Waals surface area contributed by atoms with E-state index in [-0.39, 0.29) is 5.91 Å². The number of hydrogen-bond donors (Lipinski definition) is 2. The molecule has 5 heterocycles. The van der Waals surface area contributed by atoms with Gasteiger partial charge in [0.2, 0.25) is 5.91 Å². The molecule has 0 atom stereocenters. The van der Waals surface area contributed by atoms with Crippen molar-refractivity contribution in [2.75, 3.05) is 57.0 Å². The van der Waals surface area contributed by atoms with Crippen molar-refractivity contribution in [1.29, 1.82) is 0 Å². The number of rotatable bonds is 7. The van der Waals surface area contributed by atoms with E-state index in [9.17, 15) is 4.79 Å². The van der Waals surface area contributed by atoms with Gasteiger partial charge in [0.25, 0.3) is 0 Å². The van der Waals surface area contributed by atoms with E-state index in [2.05, 4.69) is 30.4 Å². The van der Waals surface area contributed by atoms with E-state index in [1.807, 2.05) is 54.4 Å². The molecule has 1 aliphatic rings. The molecule has 0 radical (unpaired) electrons. The van der Waals surface area contributed by atoms with Gasteiger partial charge in [0, 0.05) is 68.9 Å². The van der Waals surface area contributed by atoms with Crippen molar-refractivity contribution in [2.45, 2.75) is 6.42 Å². The molecule has 10 nitrogen and oxygen atoms in total. The molecular formula is C23H27N9OS. The lowest BCUT2D eigenvalue weighted by atomic mass is 10.2. The number of aromatic amines is 1. The molecule has 11 heteroatoms. The Balaban J connectivity index is 1.23. The molecule has 5 rings (SSSR count). The minimum atomic E-state index is 0.228. The highest BCUT2D eigenvalue weighted by atomic mass is 32.1. The van der Waals surface area contributed by atoms with Crippen LogP contribution in [0.5, 0.6) is 0 Å². The summed E-state index contributed by atoms with van der Waals surface area (Å²) >= 11 is 1.49. The molecule has 176 valence electrons. The Hall–Kier alpha value is -3.57. The van der Waals surface area contributed by atoms with Gasteiger partial charge in [0.1, 0.15) is 16.2 Å². The van der Waals surface area contributed by atoms with Gasteiger partial charge in [-0.15, -0.1) is 0 Å². The highest BCUT2D eigenvalue weighted by Gasteiger charge is 2.21. The smallest absolute Gasteiger partial charge is 0.223 e. The molecule has 0 saturated carbocycles. The SMILES string of the molecule is CN(C)CCC(=O)N1CCN(c2ccnc(Nc3nc4ccc(-c5cn[nH]c5)nc4s3)c2)CC1. The highest BCUT2D eigenvalue weighted by Crippen LogP contribution is 2.29. The summed E-state index contributed by atoms with van der Waals surface area (Å²) in [5.74, 6) is 0.960. The van der Waals surface area contributed by atoms with E-state index in [0.717, 1.165) is 71.0 Å². The van der Waals surface area contributed by atoms with Crippen LogP contribution in [0.15, 0.2) is 42.9 Å². The Morgan fingerprint density at radius 1 is 1.18 bits per heavy atom. The zero-order valence-corrected chi connectivity index (χ0v) is 20.0. The first kappa shape index (κ1) is 22.2. The highest BCUT2D eigenvalue weighted by molar-refractivity contribution is 7.21. The number of pyridine rings is 2. The predicted molar refractivity (Wildman–Crippen MR) is 134 cm³/mol. The molecule has 2 N–H and O–H groups in total. The topological polar surface area (TPSA) is 106 Å². The summed E-state index contributed by atoms with van der Waals surface area (Å²) in [6.07, 6.45) is 5.94. The van der Waals surface area contributed by atoms with E-state index in [4.69, 9.17) is 4.98 Å². The number of nitrogens with zero attached hydrogens (tertiary/aromatic N) is 7. The van der Waals surface area contributed by atoms with Crippen molar-refractivity contribution in [3.05, 3.63) is 42.9 Å². The van der Waals surface area contributed by atoms with Crippen LogP contribution in [0.3, 0.4) is 0 Å². The van der Waals surface area contributed by atoms with Gasteiger partial charge in [-0.1, -0.05) is 11.3 Å². The summed E-state index contributed by atoms with van der Waals surface area (Å²) in [6, 6.07) is 7.95. The number of piperazine rings is 1. The Bertz CT molecular complexity index is 1260. The molecule has 1 fully saturated rings. The first-order valence-electron chi connectivity index (χ1n) is 11.2. The number of anilines is 3. The zero-order valence-electron chi connectivity index (χ0n) is 19.2. The molecule has 4 aromatic heterocycles. The van der Waals surface area contributed by atoms with Crippen LogP contribution < -0.4 is 10.2 Å². The third-order valence-corrected chi connectivity index (χ3v) is 6.68. The van der Waals surface area contributed by atoms with Crippen molar-refractivity contribution in [1.82, 2.24) is 34.9 Å². The van der Waals surface area contributed by atoms with Crippen LogP contribution in [0.4, 0.5) is 16.6 Å². The third-order valence-electron chi connectivity index (χ3n) is 5.80. The van der Waals surface area contributed by atoms with Gasteiger partial charge < -0.3 is 20.0 Å². The van der Waals surface area contributed by atoms with Crippen molar-refractivity contribution in [2.24, 2.45) is 0 Å². The molecule has 0 aromatic carbocycles. The fourth-order valence-corrected chi connectivity index (χ4v) is 4.75. The molecule has 1 saturated heterocycles. The Morgan fingerprint density at radius 3 is 2.79 bits per heavy atom. The number of thiazole rings is 1. The van der Waals surface area contributed by atoms with E-state index in [1.54, 1.807) is 12.4 Å². The van der Waals surface area contributed by atoms with Crippen LogP contribution in [-0.2, 0) is 4.79 Å². The summed E-state index contributed by atoms with van der Waals surface area (Å²) in [7, 11) is 3.98. The normalized spacial score (nSPS) is 14.2. The average molecular weight is 478 g/mol. The summed E-state index contributed by atoms with van der Waals surface area (Å²) in [6.45, 7) is 3.86. The molecule has 0 unspecified atom stereocenters. The van der Waals surface area contributed by atoms with E-state index < -0.39 is 0 Å². The molecule has 4 aromatic rings. The van der Waals surface area contributed by atoms with Gasteiger partial charge in [-0.25, -0.2) is 15.0 Å². The largest absolute Gasteiger partial charge is 0.368 e. The Morgan fingerprint density at radius 2 is 2.03 bits per heavy atom. The molecular weight excluding hydrogens is 450 g/mol. The average Bonchev–Trinajstić information content (AvgIpc) is 3.52. The molecule has 0 aliphatic carbocycles. The van der Waals surface area contributed by atoms with Crippen molar-refractivity contribution < 1.29 is 4.79 Å². The summed E-state index contributed by atoms with van der Waals surface area (Å²) in [5, 5.41) is 10.9. The van der Waals surface area contributed by atoms with Gasteiger partial charge in [-0.2, -0.15) is 5.10 Å². The fourth-order valence-electron chi connectivity index (χ4n) is 3.91. The number of aromatic nitrogens is 5. The van der Waals surface area contributed by atoms with Crippen LogP contribution in [0.25, 0.3) is 21.6 Å². The van der Waals surface area contributed by atoms with Crippen molar-refractivity contribution in [3.8, 4) is 11.3 Å². The summed E-state index contributed by atoms with van der Waals surface area (Å²) in [5.41, 5.74) is 3.72. The Labute approximate surface area is 201 Å². The lowest BCUT2D eigenvalue weighted by molar-refractivity contribution is -0.131. The molecule has 0 bridgehead atoms. The van der Waals surface area contributed by atoms with Crippen LogP contribution >= 0.6 is 11.3 Å². The second-order valence-corrected chi connectivity index (χ2v) is 9.45. The number of H-pyrrole nitrogens is 1. The van der Waals surface area contributed by atoms with E-state index in [0.29, 0.717) is 6.42 Å². The first-order chi connectivity index (χ1) is 16.5.